The van der Waals surface area contributed by atoms with Crippen LogP contribution in [0.4, 0.5) is 0 Å². The SMILES string of the molecule is CC(C)n1c(CN2CCN(C)CC2)cc2cccc(Cl)c21. The fraction of sp³-hybridized carbons (Fsp3) is 0.529. The molecule has 1 saturated heterocycles. The van der Waals surface area contributed by atoms with Crippen LogP contribution in [0.5, 0.6) is 0 Å². The Kier molecular flexibility index (Phi) is 4.25. The van der Waals surface area contributed by atoms with E-state index in [9.17, 15) is 0 Å². The Morgan fingerprint density at radius 2 is 1.86 bits per heavy atom. The van der Waals surface area contributed by atoms with Crippen LogP contribution in [0.3, 0.4) is 0 Å². The van der Waals surface area contributed by atoms with Gasteiger partial charge in [0.05, 0.1) is 10.5 Å². The van der Waals surface area contributed by atoms with Crippen molar-refractivity contribution in [2.45, 2.75) is 26.4 Å². The average Bonchev–Trinajstić information content (AvgIpc) is 2.81. The average molecular weight is 306 g/mol. The molecule has 0 atom stereocenters. The minimum absolute atomic E-state index is 0.421. The number of hydrogen-bond donors (Lipinski definition) is 0. The predicted octanol–water partition coefficient (Wildman–Crippen LogP) is 3.62. The van der Waals surface area contributed by atoms with E-state index in [0.29, 0.717) is 6.04 Å². The van der Waals surface area contributed by atoms with E-state index >= 15 is 0 Å². The molecule has 4 heteroatoms. The molecule has 1 fully saturated rings. The third kappa shape index (κ3) is 2.96. The zero-order valence-corrected chi connectivity index (χ0v) is 13.9. The lowest BCUT2D eigenvalue weighted by Crippen LogP contribution is -2.44. The molecule has 0 amide bonds. The lowest BCUT2D eigenvalue weighted by molar-refractivity contribution is 0.145. The molecule has 0 saturated carbocycles. The van der Waals surface area contributed by atoms with Gasteiger partial charge in [-0.1, -0.05) is 23.7 Å². The van der Waals surface area contributed by atoms with Crippen LogP contribution in [0.15, 0.2) is 24.3 Å². The summed E-state index contributed by atoms with van der Waals surface area (Å²) in [5, 5.41) is 2.10. The van der Waals surface area contributed by atoms with Crippen molar-refractivity contribution in [2.75, 3.05) is 33.2 Å². The molecule has 0 aliphatic carbocycles. The largest absolute Gasteiger partial charge is 0.340 e. The Labute approximate surface area is 132 Å². The highest BCUT2D eigenvalue weighted by Gasteiger charge is 2.19. The molecule has 1 aromatic carbocycles. The number of rotatable bonds is 3. The van der Waals surface area contributed by atoms with Crippen LogP contribution >= 0.6 is 11.6 Å². The molecule has 2 aromatic rings. The molecule has 0 spiro atoms. The van der Waals surface area contributed by atoms with Gasteiger partial charge in [0.25, 0.3) is 0 Å². The molecule has 3 nitrogen and oxygen atoms in total. The first-order valence-corrected chi connectivity index (χ1v) is 8.13. The maximum Gasteiger partial charge on any atom is 0.0674 e. The van der Waals surface area contributed by atoms with Crippen LogP contribution in [0.1, 0.15) is 25.6 Å². The minimum Gasteiger partial charge on any atom is -0.340 e. The molecule has 3 rings (SSSR count). The Bertz CT molecular complexity index is 624. The molecule has 0 bridgehead atoms. The lowest BCUT2D eigenvalue weighted by Gasteiger charge is -2.32. The van der Waals surface area contributed by atoms with Crippen molar-refractivity contribution in [1.82, 2.24) is 14.4 Å². The Morgan fingerprint density at radius 1 is 1.14 bits per heavy atom. The number of fused-ring (bicyclic) bond motifs is 1. The van der Waals surface area contributed by atoms with Crippen molar-refractivity contribution < 1.29 is 0 Å². The minimum atomic E-state index is 0.421. The highest BCUT2D eigenvalue weighted by atomic mass is 35.5. The number of benzene rings is 1. The first-order valence-electron chi connectivity index (χ1n) is 7.75. The van der Waals surface area contributed by atoms with Gasteiger partial charge in [-0.2, -0.15) is 0 Å². The number of piperazine rings is 1. The summed E-state index contributed by atoms with van der Waals surface area (Å²) in [6.45, 7) is 10.1. The summed E-state index contributed by atoms with van der Waals surface area (Å²) >= 11 is 6.44. The van der Waals surface area contributed by atoms with Gasteiger partial charge in [-0.25, -0.2) is 0 Å². The second-order valence-corrected chi connectivity index (χ2v) is 6.76. The van der Waals surface area contributed by atoms with E-state index in [1.807, 2.05) is 12.1 Å². The number of para-hydroxylation sites is 1. The first-order chi connectivity index (χ1) is 10.1. The van der Waals surface area contributed by atoms with Gasteiger partial charge in [-0.05, 0) is 33.0 Å². The first kappa shape index (κ1) is 14.9. The Morgan fingerprint density at radius 3 is 2.52 bits per heavy atom. The summed E-state index contributed by atoms with van der Waals surface area (Å²) in [5.74, 6) is 0. The van der Waals surface area contributed by atoms with E-state index in [2.05, 4.69) is 47.4 Å². The number of aromatic nitrogens is 1. The third-order valence-corrected chi connectivity index (χ3v) is 4.69. The zero-order chi connectivity index (χ0) is 15.0. The lowest BCUT2D eigenvalue weighted by atomic mass is 10.2. The van der Waals surface area contributed by atoms with Crippen LogP contribution in [0.2, 0.25) is 5.02 Å². The maximum atomic E-state index is 6.44. The van der Waals surface area contributed by atoms with E-state index in [0.717, 1.165) is 37.7 Å². The van der Waals surface area contributed by atoms with Crippen molar-refractivity contribution in [1.29, 1.82) is 0 Å². The van der Waals surface area contributed by atoms with Gasteiger partial charge in [-0.15, -0.1) is 0 Å². The van der Waals surface area contributed by atoms with E-state index in [1.54, 1.807) is 0 Å². The van der Waals surface area contributed by atoms with Crippen LogP contribution in [-0.2, 0) is 6.54 Å². The van der Waals surface area contributed by atoms with E-state index in [4.69, 9.17) is 11.6 Å². The topological polar surface area (TPSA) is 11.4 Å². The quantitative estimate of drug-likeness (QED) is 0.858. The zero-order valence-electron chi connectivity index (χ0n) is 13.1. The second-order valence-electron chi connectivity index (χ2n) is 6.36. The monoisotopic (exact) mass is 305 g/mol. The standard InChI is InChI=1S/C17H24ClN3/c1-13(2)21-15(12-20-9-7-19(3)8-10-20)11-14-5-4-6-16(18)17(14)21/h4-6,11,13H,7-10,12H2,1-3H3. The summed E-state index contributed by atoms with van der Waals surface area (Å²) in [6, 6.07) is 8.91. The molecule has 1 aliphatic heterocycles. The van der Waals surface area contributed by atoms with Gasteiger partial charge >= 0.3 is 0 Å². The summed E-state index contributed by atoms with van der Waals surface area (Å²) in [7, 11) is 2.20. The molecule has 0 unspecified atom stereocenters. The van der Waals surface area contributed by atoms with Crippen LogP contribution < -0.4 is 0 Å². The van der Waals surface area contributed by atoms with Crippen LogP contribution in [-0.4, -0.2) is 47.6 Å². The summed E-state index contributed by atoms with van der Waals surface area (Å²) in [4.78, 5) is 4.94. The molecule has 1 aromatic heterocycles. The summed E-state index contributed by atoms with van der Waals surface area (Å²) in [5.41, 5.74) is 2.55. The van der Waals surface area contributed by atoms with Gasteiger partial charge in [0.1, 0.15) is 0 Å². The van der Waals surface area contributed by atoms with E-state index in [-0.39, 0.29) is 0 Å². The molecule has 0 N–H and O–H groups in total. The molecular formula is C17H24ClN3. The van der Waals surface area contributed by atoms with Crippen molar-refractivity contribution in [3.05, 3.63) is 35.0 Å². The van der Waals surface area contributed by atoms with Gasteiger partial charge < -0.3 is 9.47 Å². The van der Waals surface area contributed by atoms with E-state index < -0.39 is 0 Å². The summed E-state index contributed by atoms with van der Waals surface area (Å²) in [6.07, 6.45) is 0. The molecule has 1 aliphatic rings. The van der Waals surface area contributed by atoms with Crippen molar-refractivity contribution >= 4 is 22.5 Å². The van der Waals surface area contributed by atoms with Gasteiger partial charge in [-0.3, -0.25) is 4.90 Å². The van der Waals surface area contributed by atoms with Crippen LogP contribution in [0, 0.1) is 0 Å². The molecular weight excluding hydrogens is 282 g/mol. The predicted molar refractivity (Wildman–Crippen MR) is 90.1 cm³/mol. The van der Waals surface area contributed by atoms with Crippen molar-refractivity contribution in [3.63, 3.8) is 0 Å². The third-order valence-electron chi connectivity index (χ3n) is 4.39. The molecule has 0 radical (unpaired) electrons. The second kappa shape index (κ2) is 5.99. The molecule has 114 valence electrons. The van der Waals surface area contributed by atoms with E-state index in [1.165, 1.54) is 16.6 Å². The Balaban J connectivity index is 1.94. The fourth-order valence-corrected chi connectivity index (χ4v) is 3.51. The van der Waals surface area contributed by atoms with Crippen molar-refractivity contribution in [2.24, 2.45) is 0 Å². The number of hydrogen-bond acceptors (Lipinski definition) is 2. The van der Waals surface area contributed by atoms with Gasteiger partial charge in [0.2, 0.25) is 0 Å². The highest BCUT2D eigenvalue weighted by molar-refractivity contribution is 6.35. The van der Waals surface area contributed by atoms with Gasteiger partial charge in [0.15, 0.2) is 0 Å². The number of halogens is 1. The number of likely N-dealkylation sites (N-methyl/N-ethyl adjacent to an activating group) is 1. The maximum absolute atomic E-state index is 6.44. The molecule has 21 heavy (non-hydrogen) atoms. The number of nitrogens with zero attached hydrogens (tertiary/aromatic N) is 3. The summed E-state index contributed by atoms with van der Waals surface area (Å²) < 4.78 is 2.40. The van der Waals surface area contributed by atoms with Crippen molar-refractivity contribution in [3.8, 4) is 0 Å². The van der Waals surface area contributed by atoms with Crippen LogP contribution in [0.25, 0.3) is 10.9 Å². The smallest absolute Gasteiger partial charge is 0.0674 e. The normalized spacial score (nSPS) is 18.0. The van der Waals surface area contributed by atoms with Gasteiger partial charge in [0, 0.05) is 49.8 Å². The fourth-order valence-electron chi connectivity index (χ4n) is 3.24. The Hall–Kier alpha value is -1.03. The highest BCUT2D eigenvalue weighted by Crippen LogP contribution is 2.30. The molecule has 2 heterocycles.